The molecule has 4 aromatic rings. The molecule has 0 aliphatic heterocycles. The number of para-hydroxylation sites is 1. The molecule has 9 heteroatoms. The summed E-state index contributed by atoms with van der Waals surface area (Å²) in [4.78, 5) is 50.8. The van der Waals surface area contributed by atoms with Gasteiger partial charge in [-0.05, 0) is 37.6 Å². The SMILES string of the molecule is CCOC(=O)c1cc(-c2ccccc2)sc1NC(=O)C(C)OC(=O)c1cc(=O)c2ccccc2o1. The lowest BCUT2D eigenvalue weighted by molar-refractivity contribution is -0.123. The molecule has 0 saturated carbocycles. The normalized spacial score (nSPS) is 11.6. The molecule has 0 aliphatic carbocycles. The second kappa shape index (κ2) is 10.4. The maximum absolute atomic E-state index is 12.8. The van der Waals surface area contributed by atoms with Gasteiger partial charge in [-0.25, -0.2) is 9.59 Å². The van der Waals surface area contributed by atoms with E-state index in [-0.39, 0.29) is 28.5 Å². The molecule has 0 saturated heterocycles. The zero-order valence-corrected chi connectivity index (χ0v) is 19.7. The molecule has 2 aromatic heterocycles. The number of fused-ring (bicyclic) bond motifs is 1. The van der Waals surface area contributed by atoms with Crippen LogP contribution < -0.4 is 10.7 Å². The van der Waals surface area contributed by atoms with Gasteiger partial charge in [0.2, 0.25) is 5.76 Å². The van der Waals surface area contributed by atoms with Crippen molar-refractivity contribution < 1.29 is 28.3 Å². The smallest absolute Gasteiger partial charge is 0.375 e. The van der Waals surface area contributed by atoms with Crippen molar-refractivity contribution in [3.8, 4) is 10.4 Å². The van der Waals surface area contributed by atoms with E-state index in [1.165, 1.54) is 18.3 Å². The van der Waals surface area contributed by atoms with E-state index in [9.17, 15) is 19.2 Å². The number of hydrogen-bond donors (Lipinski definition) is 1. The molecule has 0 radical (unpaired) electrons. The zero-order chi connectivity index (χ0) is 24.9. The number of thiophene rings is 1. The highest BCUT2D eigenvalue weighted by Gasteiger charge is 2.25. The minimum Gasteiger partial charge on any atom is -0.462 e. The summed E-state index contributed by atoms with van der Waals surface area (Å²) in [7, 11) is 0. The number of esters is 2. The maximum atomic E-state index is 12.8. The monoisotopic (exact) mass is 491 g/mol. The van der Waals surface area contributed by atoms with Crippen LogP contribution in [-0.4, -0.2) is 30.6 Å². The lowest BCUT2D eigenvalue weighted by Crippen LogP contribution is -2.30. The Bertz CT molecular complexity index is 1460. The van der Waals surface area contributed by atoms with E-state index in [1.807, 2.05) is 30.3 Å². The lowest BCUT2D eigenvalue weighted by Gasteiger charge is -2.13. The fourth-order valence-corrected chi connectivity index (χ4v) is 4.33. The lowest BCUT2D eigenvalue weighted by atomic mass is 10.1. The quantitative estimate of drug-likeness (QED) is 0.367. The molecule has 1 unspecified atom stereocenters. The molecule has 2 heterocycles. The van der Waals surface area contributed by atoms with E-state index in [1.54, 1.807) is 37.3 Å². The second-order valence-corrected chi connectivity index (χ2v) is 8.50. The van der Waals surface area contributed by atoms with Crippen LogP contribution in [-0.2, 0) is 14.3 Å². The van der Waals surface area contributed by atoms with Crippen molar-refractivity contribution in [2.75, 3.05) is 11.9 Å². The third kappa shape index (κ3) is 5.30. The van der Waals surface area contributed by atoms with Crippen molar-refractivity contribution in [3.63, 3.8) is 0 Å². The van der Waals surface area contributed by atoms with Crippen molar-refractivity contribution in [2.45, 2.75) is 20.0 Å². The van der Waals surface area contributed by atoms with Gasteiger partial charge in [0.15, 0.2) is 11.5 Å². The molecule has 0 spiro atoms. The summed E-state index contributed by atoms with van der Waals surface area (Å²) >= 11 is 1.20. The molecule has 4 rings (SSSR count). The zero-order valence-electron chi connectivity index (χ0n) is 18.9. The fraction of sp³-hybridized carbons (Fsp3) is 0.154. The van der Waals surface area contributed by atoms with Gasteiger partial charge >= 0.3 is 11.9 Å². The second-order valence-electron chi connectivity index (χ2n) is 7.45. The largest absolute Gasteiger partial charge is 0.462 e. The van der Waals surface area contributed by atoms with Gasteiger partial charge in [-0.2, -0.15) is 0 Å². The first-order valence-corrected chi connectivity index (χ1v) is 11.6. The Morgan fingerprint density at radius 1 is 1.00 bits per heavy atom. The minimum atomic E-state index is -1.24. The standard InChI is InChI=1S/C26H21NO7S/c1-3-32-25(30)18-13-22(16-9-5-4-6-10-16)35-24(18)27-23(29)15(2)33-26(31)21-14-19(28)17-11-7-8-12-20(17)34-21/h4-15H,3H2,1-2H3,(H,27,29). The third-order valence-corrected chi connectivity index (χ3v) is 6.11. The van der Waals surface area contributed by atoms with Crippen LogP contribution in [0.2, 0.25) is 0 Å². The molecular weight excluding hydrogens is 470 g/mol. The van der Waals surface area contributed by atoms with Gasteiger partial charge < -0.3 is 19.2 Å². The van der Waals surface area contributed by atoms with Gasteiger partial charge in [0.1, 0.15) is 10.6 Å². The highest BCUT2D eigenvalue weighted by atomic mass is 32.1. The number of amides is 1. The van der Waals surface area contributed by atoms with Crippen LogP contribution in [0.4, 0.5) is 5.00 Å². The number of rotatable bonds is 7. The summed E-state index contributed by atoms with van der Waals surface area (Å²) in [6.45, 7) is 3.24. The van der Waals surface area contributed by atoms with Crippen molar-refractivity contribution >= 4 is 45.2 Å². The van der Waals surface area contributed by atoms with E-state index < -0.39 is 29.4 Å². The molecule has 1 amide bonds. The Hall–Kier alpha value is -4.24. The van der Waals surface area contributed by atoms with Crippen LogP contribution >= 0.6 is 11.3 Å². The Morgan fingerprint density at radius 2 is 1.71 bits per heavy atom. The van der Waals surface area contributed by atoms with Crippen molar-refractivity contribution in [2.24, 2.45) is 0 Å². The molecule has 35 heavy (non-hydrogen) atoms. The molecular formula is C26H21NO7S. The van der Waals surface area contributed by atoms with Crippen LogP contribution in [0.1, 0.15) is 34.8 Å². The Balaban J connectivity index is 1.53. The number of ether oxygens (including phenoxy) is 2. The fourth-order valence-electron chi connectivity index (χ4n) is 3.28. The first kappa shape index (κ1) is 23.9. The molecule has 1 N–H and O–H groups in total. The van der Waals surface area contributed by atoms with Crippen LogP contribution in [0, 0.1) is 0 Å². The van der Waals surface area contributed by atoms with Crippen molar-refractivity contribution in [1.82, 2.24) is 0 Å². The van der Waals surface area contributed by atoms with E-state index in [0.717, 1.165) is 16.5 Å². The van der Waals surface area contributed by atoms with Crippen molar-refractivity contribution in [1.29, 1.82) is 0 Å². The minimum absolute atomic E-state index is 0.174. The maximum Gasteiger partial charge on any atom is 0.375 e. The average Bonchev–Trinajstić information content (AvgIpc) is 3.28. The summed E-state index contributed by atoms with van der Waals surface area (Å²) in [6, 6.07) is 18.5. The first-order valence-electron chi connectivity index (χ1n) is 10.8. The van der Waals surface area contributed by atoms with Gasteiger partial charge in [0, 0.05) is 10.9 Å². The Kier molecular flexibility index (Phi) is 7.07. The number of nitrogens with one attached hydrogen (secondary N) is 1. The summed E-state index contributed by atoms with van der Waals surface area (Å²) < 4.78 is 15.8. The Labute approximate surface area is 204 Å². The number of benzene rings is 2. The highest BCUT2D eigenvalue weighted by molar-refractivity contribution is 7.20. The van der Waals surface area contributed by atoms with Crippen LogP contribution in [0.15, 0.2) is 75.9 Å². The number of anilines is 1. The number of carbonyl (C=O) groups is 3. The van der Waals surface area contributed by atoms with E-state index >= 15 is 0 Å². The van der Waals surface area contributed by atoms with Gasteiger partial charge in [-0.1, -0.05) is 42.5 Å². The molecule has 1 atom stereocenters. The summed E-state index contributed by atoms with van der Waals surface area (Å²) in [5, 5.41) is 3.24. The summed E-state index contributed by atoms with van der Waals surface area (Å²) in [5.41, 5.74) is 0.898. The molecule has 178 valence electrons. The highest BCUT2D eigenvalue weighted by Crippen LogP contribution is 2.36. The van der Waals surface area contributed by atoms with E-state index in [0.29, 0.717) is 5.39 Å². The van der Waals surface area contributed by atoms with E-state index in [4.69, 9.17) is 13.9 Å². The van der Waals surface area contributed by atoms with Gasteiger partial charge in [0.25, 0.3) is 5.91 Å². The molecule has 8 nitrogen and oxygen atoms in total. The molecule has 0 aliphatic rings. The Morgan fingerprint density at radius 3 is 2.46 bits per heavy atom. The predicted molar refractivity (Wildman–Crippen MR) is 132 cm³/mol. The summed E-state index contributed by atoms with van der Waals surface area (Å²) in [6.07, 6.45) is -1.24. The van der Waals surface area contributed by atoms with Crippen molar-refractivity contribution in [3.05, 3.63) is 88.3 Å². The van der Waals surface area contributed by atoms with Gasteiger partial charge in [0.05, 0.1) is 17.6 Å². The molecule has 2 aromatic carbocycles. The van der Waals surface area contributed by atoms with Crippen LogP contribution in [0.5, 0.6) is 0 Å². The predicted octanol–water partition coefficient (Wildman–Crippen LogP) is 4.88. The van der Waals surface area contributed by atoms with E-state index in [2.05, 4.69) is 5.32 Å². The number of hydrogen-bond acceptors (Lipinski definition) is 8. The van der Waals surface area contributed by atoms with Gasteiger partial charge in [-0.15, -0.1) is 11.3 Å². The third-order valence-electron chi connectivity index (χ3n) is 5.01. The van der Waals surface area contributed by atoms with Gasteiger partial charge in [-0.3, -0.25) is 9.59 Å². The average molecular weight is 492 g/mol. The topological polar surface area (TPSA) is 112 Å². The number of carbonyl (C=O) groups excluding carboxylic acids is 3. The molecule has 0 fully saturated rings. The summed E-state index contributed by atoms with van der Waals surface area (Å²) in [5.74, 6) is -2.52. The molecule has 0 bridgehead atoms. The van der Waals surface area contributed by atoms with Crippen LogP contribution in [0.25, 0.3) is 21.4 Å². The van der Waals surface area contributed by atoms with Crippen LogP contribution in [0.3, 0.4) is 0 Å². The first-order chi connectivity index (χ1) is 16.9.